The highest BCUT2D eigenvalue weighted by atomic mass is 32.2. The Balaban J connectivity index is 1.83. The van der Waals surface area contributed by atoms with E-state index in [9.17, 15) is 4.79 Å². The highest BCUT2D eigenvalue weighted by molar-refractivity contribution is 7.99. The largest absolute Gasteiger partial charge is 0.271 e. The van der Waals surface area contributed by atoms with Crippen molar-refractivity contribution in [1.29, 1.82) is 0 Å². The lowest BCUT2D eigenvalue weighted by atomic mass is 10.2. The summed E-state index contributed by atoms with van der Waals surface area (Å²) in [6, 6.07) is 19.9. The molecule has 0 saturated carbocycles. The lowest BCUT2D eigenvalue weighted by Gasteiger charge is -2.02. The van der Waals surface area contributed by atoms with Gasteiger partial charge in [-0.15, -0.1) is 0 Å². The summed E-state index contributed by atoms with van der Waals surface area (Å²) in [5.41, 5.74) is 2.72. The maximum Gasteiger partial charge on any atom is 0.271 e. The summed E-state index contributed by atoms with van der Waals surface area (Å²) in [4.78, 5) is 14.6. The highest BCUT2D eigenvalue weighted by Crippen LogP contribution is 2.32. The molecule has 0 bridgehead atoms. The van der Waals surface area contributed by atoms with Crippen LogP contribution in [0.4, 0.5) is 0 Å². The van der Waals surface area contributed by atoms with E-state index < -0.39 is 0 Å². The van der Waals surface area contributed by atoms with Crippen molar-refractivity contribution in [3.05, 3.63) is 83.7 Å². The molecule has 0 aliphatic rings. The molecule has 0 fully saturated rings. The molecule has 4 heteroatoms. The topological polar surface area (TPSA) is 34.9 Å². The van der Waals surface area contributed by atoms with Crippen LogP contribution in [-0.2, 0) is 0 Å². The van der Waals surface area contributed by atoms with E-state index in [-0.39, 0.29) is 5.91 Å². The van der Waals surface area contributed by atoms with Crippen molar-refractivity contribution in [2.24, 2.45) is 0 Å². The molecule has 0 aliphatic heterocycles. The molecular weight excluding hydrogens is 316 g/mol. The molecule has 1 heterocycles. The Kier molecular flexibility index (Phi) is 4.96. The molecule has 0 radical (unpaired) electrons. The summed E-state index contributed by atoms with van der Waals surface area (Å²) >= 11 is 1.63. The SMILES string of the molecule is Cc1nn(C(=O)/C=C/c2ccccc2)c(C)c1Sc1ccccc1. The molecular formula is C20H18N2OS. The van der Waals surface area contributed by atoms with Gasteiger partial charge in [0.15, 0.2) is 0 Å². The Bertz CT molecular complexity index is 867. The van der Waals surface area contributed by atoms with E-state index in [0.717, 1.165) is 26.7 Å². The number of aryl methyl sites for hydroxylation is 1. The minimum absolute atomic E-state index is 0.139. The van der Waals surface area contributed by atoms with Crippen LogP contribution in [0.15, 0.2) is 76.5 Å². The predicted octanol–water partition coefficient (Wildman–Crippen LogP) is 5.00. The smallest absolute Gasteiger partial charge is 0.267 e. The van der Waals surface area contributed by atoms with Crippen LogP contribution in [0.5, 0.6) is 0 Å². The number of hydrogen-bond acceptors (Lipinski definition) is 3. The fraction of sp³-hybridized carbons (Fsp3) is 0.100. The van der Waals surface area contributed by atoms with Gasteiger partial charge in [0.2, 0.25) is 0 Å². The van der Waals surface area contributed by atoms with Crippen molar-refractivity contribution in [2.45, 2.75) is 23.6 Å². The van der Waals surface area contributed by atoms with Crippen LogP contribution in [0.1, 0.15) is 21.7 Å². The molecule has 120 valence electrons. The first-order valence-electron chi connectivity index (χ1n) is 7.72. The number of benzene rings is 2. The second-order valence-corrected chi connectivity index (χ2v) is 6.49. The van der Waals surface area contributed by atoms with Crippen LogP contribution in [0, 0.1) is 13.8 Å². The van der Waals surface area contributed by atoms with Gasteiger partial charge >= 0.3 is 0 Å². The molecule has 3 rings (SSSR count). The minimum Gasteiger partial charge on any atom is -0.267 e. The van der Waals surface area contributed by atoms with Gasteiger partial charge in [-0.25, -0.2) is 4.68 Å². The summed E-state index contributed by atoms with van der Waals surface area (Å²) < 4.78 is 1.47. The van der Waals surface area contributed by atoms with Crippen LogP contribution >= 0.6 is 11.8 Å². The molecule has 0 unspecified atom stereocenters. The maximum atomic E-state index is 12.5. The van der Waals surface area contributed by atoms with Crippen molar-refractivity contribution < 1.29 is 4.79 Å². The van der Waals surface area contributed by atoms with Crippen LogP contribution in [0.25, 0.3) is 6.08 Å². The summed E-state index contributed by atoms with van der Waals surface area (Å²) in [6.07, 6.45) is 3.37. The fourth-order valence-corrected chi connectivity index (χ4v) is 3.35. The third-order valence-corrected chi connectivity index (χ3v) is 4.92. The van der Waals surface area contributed by atoms with Crippen LogP contribution in [-0.4, -0.2) is 15.7 Å². The minimum atomic E-state index is -0.139. The number of rotatable bonds is 4. The van der Waals surface area contributed by atoms with Gasteiger partial charge < -0.3 is 0 Å². The first-order valence-corrected chi connectivity index (χ1v) is 8.53. The first kappa shape index (κ1) is 16.3. The Morgan fingerprint density at radius 2 is 1.62 bits per heavy atom. The zero-order chi connectivity index (χ0) is 16.9. The Hall–Kier alpha value is -2.59. The number of carbonyl (C=O) groups excluding carboxylic acids is 1. The summed E-state index contributed by atoms with van der Waals surface area (Å²) in [6.45, 7) is 3.86. The van der Waals surface area contributed by atoms with E-state index in [2.05, 4.69) is 17.2 Å². The molecule has 0 aliphatic carbocycles. The second-order valence-electron chi connectivity index (χ2n) is 5.41. The molecule has 2 aromatic carbocycles. The van der Waals surface area contributed by atoms with Gasteiger partial charge in [0.05, 0.1) is 16.3 Å². The molecule has 0 spiro atoms. The molecule has 0 amide bonds. The predicted molar refractivity (Wildman–Crippen MR) is 98.4 cm³/mol. The van der Waals surface area contributed by atoms with Gasteiger partial charge in [-0.05, 0) is 37.6 Å². The van der Waals surface area contributed by atoms with Gasteiger partial charge in [-0.3, -0.25) is 4.79 Å². The van der Waals surface area contributed by atoms with Gasteiger partial charge in [-0.1, -0.05) is 60.3 Å². The number of allylic oxidation sites excluding steroid dienone is 1. The third kappa shape index (κ3) is 3.66. The summed E-state index contributed by atoms with van der Waals surface area (Å²) in [5.74, 6) is -0.139. The molecule has 3 aromatic rings. The van der Waals surface area contributed by atoms with E-state index in [4.69, 9.17) is 0 Å². The van der Waals surface area contributed by atoms with E-state index in [0.29, 0.717) is 0 Å². The normalized spacial score (nSPS) is 11.1. The number of carbonyl (C=O) groups is 1. The van der Waals surface area contributed by atoms with Crippen molar-refractivity contribution in [1.82, 2.24) is 9.78 Å². The molecule has 0 atom stereocenters. The summed E-state index contributed by atoms with van der Waals surface area (Å²) in [7, 11) is 0. The average Bonchev–Trinajstić information content (AvgIpc) is 2.90. The van der Waals surface area contributed by atoms with Gasteiger partial charge in [0.25, 0.3) is 5.91 Å². The maximum absolute atomic E-state index is 12.5. The van der Waals surface area contributed by atoms with Crippen molar-refractivity contribution in [2.75, 3.05) is 0 Å². The monoisotopic (exact) mass is 334 g/mol. The molecule has 0 saturated heterocycles. The number of aromatic nitrogens is 2. The van der Waals surface area contributed by atoms with Crippen LogP contribution in [0.2, 0.25) is 0 Å². The quantitative estimate of drug-likeness (QED) is 0.629. The highest BCUT2D eigenvalue weighted by Gasteiger charge is 2.16. The summed E-state index contributed by atoms with van der Waals surface area (Å²) in [5, 5.41) is 4.41. The van der Waals surface area contributed by atoms with Gasteiger partial charge in [-0.2, -0.15) is 5.10 Å². The van der Waals surface area contributed by atoms with Crippen molar-refractivity contribution >= 4 is 23.7 Å². The lowest BCUT2D eigenvalue weighted by Crippen LogP contribution is -2.11. The van der Waals surface area contributed by atoms with E-state index in [1.54, 1.807) is 17.8 Å². The fourth-order valence-electron chi connectivity index (χ4n) is 2.40. The molecule has 3 nitrogen and oxygen atoms in total. The van der Waals surface area contributed by atoms with E-state index >= 15 is 0 Å². The molecule has 1 aromatic heterocycles. The van der Waals surface area contributed by atoms with Gasteiger partial charge in [0.1, 0.15) is 0 Å². The molecule has 24 heavy (non-hydrogen) atoms. The third-order valence-electron chi connectivity index (χ3n) is 3.61. The standard InChI is InChI=1S/C20H18N2OS/c1-15-20(24-18-11-7-4-8-12-18)16(2)22(21-15)19(23)14-13-17-9-5-3-6-10-17/h3-14H,1-2H3/b14-13+. The average molecular weight is 334 g/mol. The van der Waals surface area contributed by atoms with E-state index in [1.807, 2.05) is 68.5 Å². The van der Waals surface area contributed by atoms with Crippen LogP contribution in [0.3, 0.4) is 0 Å². The zero-order valence-electron chi connectivity index (χ0n) is 13.6. The number of hydrogen-bond donors (Lipinski definition) is 0. The molecule has 0 N–H and O–H groups in total. The Morgan fingerprint density at radius 3 is 2.29 bits per heavy atom. The Morgan fingerprint density at radius 1 is 1.00 bits per heavy atom. The van der Waals surface area contributed by atoms with E-state index in [1.165, 1.54) is 4.68 Å². The van der Waals surface area contributed by atoms with Crippen molar-refractivity contribution in [3.63, 3.8) is 0 Å². The number of nitrogens with zero attached hydrogens (tertiary/aromatic N) is 2. The lowest BCUT2D eigenvalue weighted by molar-refractivity contribution is 0.0952. The second kappa shape index (κ2) is 7.32. The Labute approximate surface area is 146 Å². The zero-order valence-corrected chi connectivity index (χ0v) is 14.5. The van der Waals surface area contributed by atoms with Crippen molar-refractivity contribution in [3.8, 4) is 0 Å². The van der Waals surface area contributed by atoms with Gasteiger partial charge in [0, 0.05) is 11.0 Å². The first-order chi connectivity index (χ1) is 11.6. The van der Waals surface area contributed by atoms with Crippen LogP contribution < -0.4 is 0 Å².